The molecule has 7 nitrogen and oxygen atoms in total. The number of amides is 1. The molecule has 0 spiro atoms. The monoisotopic (exact) mass is 290 g/mol. The molecule has 1 fully saturated rings. The normalized spacial score (nSPS) is 16.0. The lowest BCUT2D eigenvalue weighted by Gasteiger charge is -2.10. The second kappa shape index (κ2) is 5.33. The summed E-state index contributed by atoms with van der Waals surface area (Å²) in [5.41, 5.74) is 1.54. The van der Waals surface area contributed by atoms with Crippen molar-refractivity contribution in [2.24, 2.45) is 5.92 Å². The molecule has 0 saturated heterocycles. The van der Waals surface area contributed by atoms with Crippen molar-refractivity contribution in [3.63, 3.8) is 0 Å². The van der Waals surface area contributed by atoms with E-state index in [1.54, 1.807) is 19.1 Å². The van der Waals surface area contributed by atoms with Gasteiger partial charge in [-0.3, -0.25) is 4.79 Å². The van der Waals surface area contributed by atoms with Gasteiger partial charge in [-0.15, -0.1) is 5.10 Å². The third kappa shape index (κ3) is 2.69. The Kier molecular flexibility index (Phi) is 3.50. The van der Waals surface area contributed by atoms with Gasteiger partial charge in [-0.2, -0.15) is 0 Å². The van der Waals surface area contributed by atoms with Gasteiger partial charge in [0.2, 0.25) is 5.88 Å². The van der Waals surface area contributed by atoms with Crippen molar-refractivity contribution in [2.75, 3.05) is 13.7 Å². The van der Waals surface area contributed by atoms with Crippen LogP contribution in [0.25, 0.3) is 5.65 Å². The van der Waals surface area contributed by atoms with Gasteiger partial charge in [-0.1, -0.05) is 0 Å². The molecule has 21 heavy (non-hydrogen) atoms. The number of hydrogen-bond donors (Lipinski definition) is 2. The fraction of sp³-hybridized carbons (Fsp3) is 0.500. The van der Waals surface area contributed by atoms with E-state index in [4.69, 9.17) is 4.74 Å². The summed E-state index contributed by atoms with van der Waals surface area (Å²) >= 11 is 0. The molecule has 1 saturated carbocycles. The van der Waals surface area contributed by atoms with E-state index in [9.17, 15) is 9.90 Å². The molecule has 2 aromatic rings. The van der Waals surface area contributed by atoms with E-state index >= 15 is 0 Å². The van der Waals surface area contributed by atoms with Crippen molar-refractivity contribution in [3.05, 3.63) is 23.5 Å². The van der Waals surface area contributed by atoms with Gasteiger partial charge in [0.15, 0.2) is 11.3 Å². The lowest BCUT2D eigenvalue weighted by Crippen LogP contribution is -2.34. The summed E-state index contributed by atoms with van der Waals surface area (Å²) in [5, 5.41) is 16.8. The molecule has 7 heteroatoms. The molecule has 112 valence electrons. The molecule has 0 unspecified atom stereocenters. The molecule has 2 aromatic heterocycles. The van der Waals surface area contributed by atoms with E-state index in [-0.39, 0.29) is 12.5 Å². The highest BCUT2D eigenvalue weighted by Crippen LogP contribution is 2.32. The van der Waals surface area contributed by atoms with Crippen LogP contribution in [0.4, 0.5) is 0 Å². The Bertz CT molecular complexity index is 678. The topological polar surface area (TPSA) is 88.8 Å². The van der Waals surface area contributed by atoms with Crippen LogP contribution in [0.3, 0.4) is 0 Å². The van der Waals surface area contributed by atoms with Gasteiger partial charge in [-0.25, -0.2) is 9.50 Å². The second-order valence-electron chi connectivity index (χ2n) is 5.31. The fourth-order valence-electron chi connectivity index (χ4n) is 2.32. The van der Waals surface area contributed by atoms with Crippen LogP contribution in [-0.2, 0) is 0 Å². The zero-order chi connectivity index (χ0) is 15.0. The molecule has 1 amide bonds. The molecule has 1 aliphatic rings. The summed E-state index contributed by atoms with van der Waals surface area (Å²) in [6.45, 7) is 2.01. The first-order valence-corrected chi connectivity index (χ1v) is 6.97. The Morgan fingerprint density at radius 2 is 2.33 bits per heavy atom. The highest BCUT2D eigenvalue weighted by atomic mass is 16.5. The first kappa shape index (κ1) is 13.8. The number of rotatable bonds is 5. The number of ether oxygens (including phenoxy) is 1. The maximum atomic E-state index is 12.3. The third-order valence-electron chi connectivity index (χ3n) is 3.69. The minimum absolute atomic E-state index is 0.250. The Labute approximate surface area is 121 Å². The minimum Gasteiger partial charge on any atom is -0.480 e. The van der Waals surface area contributed by atoms with Crippen molar-refractivity contribution < 1.29 is 14.6 Å². The van der Waals surface area contributed by atoms with Crippen LogP contribution in [0.5, 0.6) is 5.88 Å². The zero-order valence-electron chi connectivity index (χ0n) is 12.0. The fourth-order valence-corrected chi connectivity index (χ4v) is 2.32. The number of nitrogens with zero attached hydrogens (tertiary/aromatic N) is 3. The number of aryl methyl sites for hydroxylation is 1. The number of methoxy groups -OCH3 is 1. The number of nitrogens with one attached hydrogen (secondary N) is 1. The van der Waals surface area contributed by atoms with Gasteiger partial charge in [0.05, 0.1) is 18.9 Å². The molecule has 0 bridgehead atoms. The van der Waals surface area contributed by atoms with Gasteiger partial charge < -0.3 is 15.2 Å². The van der Waals surface area contributed by atoms with Crippen LogP contribution in [0.15, 0.2) is 12.1 Å². The average molecular weight is 290 g/mol. The van der Waals surface area contributed by atoms with Gasteiger partial charge in [-0.05, 0) is 31.7 Å². The van der Waals surface area contributed by atoms with Crippen LogP contribution in [0, 0.1) is 12.8 Å². The van der Waals surface area contributed by atoms with Gasteiger partial charge in [0.1, 0.15) is 0 Å². The predicted octanol–water partition coefficient (Wildman–Crippen LogP) is 0.547. The van der Waals surface area contributed by atoms with Crippen molar-refractivity contribution in [1.82, 2.24) is 19.9 Å². The molecule has 2 heterocycles. The lowest BCUT2D eigenvalue weighted by atomic mass is 10.2. The highest BCUT2D eigenvalue weighted by Gasteiger charge is 2.30. The summed E-state index contributed by atoms with van der Waals surface area (Å²) in [5.74, 6) is 0.444. The van der Waals surface area contributed by atoms with E-state index < -0.39 is 6.10 Å². The van der Waals surface area contributed by atoms with Crippen LogP contribution in [-0.4, -0.2) is 45.4 Å². The van der Waals surface area contributed by atoms with Gasteiger partial charge in [0.25, 0.3) is 5.91 Å². The van der Waals surface area contributed by atoms with Crippen LogP contribution in [0.2, 0.25) is 0 Å². The Morgan fingerprint density at radius 3 is 3.00 bits per heavy atom. The molecule has 0 aliphatic heterocycles. The number of fused-ring (bicyclic) bond motifs is 1. The number of hydrogen-bond acceptors (Lipinski definition) is 5. The number of carbonyl (C=O) groups excluding carboxylic acids is 1. The number of imidazole rings is 1. The Balaban J connectivity index is 1.83. The molecular weight excluding hydrogens is 272 g/mol. The van der Waals surface area contributed by atoms with E-state index in [1.807, 2.05) is 0 Å². The van der Waals surface area contributed by atoms with Crippen LogP contribution < -0.4 is 10.1 Å². The summed E-state index contributed by atoms with van der Waals surface area (Å²) in [6, 6.07) is 3.44. The summed E-state index contributed by atoms with van der Waals surface area (Å²) in [6.07, 6.45) is 1.59. The standard InChI is InChI=1S/C14H18N4O3/c1-8-13(14(20)15-7-10(19)9-3-4-9)18-11(16-8)5-6-12(17-18)21-2/h5-6,9-10,19H,3-4,7H2,1-2H3,(H,15,20)/t10-/m1/s1. The predicted molar refractivity (Wildman–Crippen MR) is 75.3 cm³/mol. The van der Waals surface area contributed by atoms with E-state index in [2.05, 4.69) is 15.4 Å². The molecule has 0 aromatic carbocycles. The zero-order valence-corrected chi connectivity index (χ0v) is 12.0. The van der Waals surface area contributed by atoms with E-state index in [0.29, 0.717) is 28.8 Å². The smallest absolute Gasteiger partial charge is 0.272 e. The van der Waals surface area contributed by atoms with Crippen molar-refractivity contribution in [1.29, 1.82) is 0 Å². The first-order chi connectivity index (χ1) is 10.1. The Morgan fingerprint density at radius 1 is 1.57 bits per heavy atom. The molecular formula is C14H18N4O3. The number of carbonyl (C=O) groups is 1. The van der Waals surface area contributed by atoms with E-state index in [1.165, 1.54) is 11.6 Å². The molecule has 0 radical (unpaired) electrons. The highest BCUT2D eigenvalue weighted by molar-refractivity contribution is 5.94. The van der Waals surface area contributed by atoms with Crippen LogP contribution in [0.1, 0.15) is 29.0 Å². The molecule has 1 aliphatic carbocycles. The second-order valence-corrected chi connectivity index (χ2v) is 5.31. The van der Waals surface area contributed by atoms with Crippen molar-refractivity contribution in [3.8, 4) is 5.88 Å². The summed E-state index contributed by atoms with van der Waals surface area (Å²) < 4.78 is 6.54. The first-order valence-electron chi connectivity index (χ1n) is 6.97. The third-order valence-corrected chi connectivity index (χ3v) is 3.69. The van der Waals surface area contributed by atoms with Crippen LogP contribution >= 0.6 is 0 Å². The van der Waals surface area contributed by atoms with E-state index in [0.717, 1.165) is 12.8 Å². The maximum Gasteiger partial charge on any atom is 0.272 e. The lowest BCUT2D eigenvalue weighted by molar-refractivity contribution is 0.0893. The SMILES string of the molecule is COc1ccc2nc(C)c(C(=O)NC[C@@H](O)C3CC3)n2n1. The average Bonchev–Trinajstić information content (AvgIpc) is 3.26. The van der Waals surface area contributed by atoms with Gasteiger partial charge in [0, 0.05) is 12.6 Å². The Hall–Kier alpha value is -2.15. The quantitative estimate of drug-likeness (QED) is 0.839. The minimum atomic E-state index is -0.476. The number of aliphatic hydroxyl groups is 1. The summed E-state index contributed by atoms with van der Waals surface area (Å²) in [7, 11) is 1.52. The summed E-state index contributed by atoms with van der Waals surface area (Å²) in [4.78, 5) is 16.6. The van der Waals surface area contributed by atoms with Crippen molar-refractivity contribution in [2.45, 2.75) is 25.9 Å². The molecule has 2 N–H and O–H groups in total. The number of aliphatic hydroxyl groups excluding tert-OH is 1. The van der Waals surface area contributed by atoms with Gasteiger partial charge >= 0.3 is 0 Å². The van der Waals surface area contributed by atoms with Crippen molar-refractivity contribution >= 4 is 11.6 Å². The molecule has 1 atom stereocenters. The molecule has 3 rings (SSSR count). The largest absolute Gasteiger partial charge is 0.480 e. The number of aromatic nitrogens is 3. The maximum absolute atomic E-state index is 12.3.